The second-order valence-corrected chi connectivity index (χ2v) is 8.43. The normalized spacial score (nSPS) is 12.0. The third-order valence-electron chi connectivity index (χ3n) is 3.98. The first-order valence-electron chi connectivity index (χ1n) is 8.51. The van der Waals surface area contributed by atoms with Crippen LogP contribution in [0.25, 0.3) is 0 Å². The molecule has 0 saturated heterocycles. The summed E-state index contributed by atoms with van der Waals surface area (Å²) in [5.41, 5.74) is 0. The zero-order valence-corrected chi connectivity index (χ0v) is 14.9. The number of hydrogen-bond donors (Lipinski definition) is 0. The minimum absolute atomic E-state index is 0.768. The summed E-state index contributed by atoms with van der Waals surface area (Å²) in [5, 5.41) is 0. The van der Waals surface area contributed by atoms with Crippen molar-refractivity contribution in [3.63, 3.8) is 0 Å². The van der Waals surface area contributed by atoms with Crippen molar-refractivity contribution in [3.8, 4) is 0 Å². The van der Waals surface area contributed by atoms with E-state index in [9.17, 15) is 0 Å². The van der Waals surface area contributed by atoms with Gasteiger partial charge in [-0.05, 0) is 42.8 Å². The predicted octanol–water partition coefficient (Wildman–Crippen LogP) is 6.70. The molecule has 0 fully saturated rings. The maximum atomic E-state index is 6.71. The highest BCUT2D eigenvalue weighted by Crippen LogP contribution is 2.68. The van der Waals surface area contributed by atoms with Gasteiger partial charge in [0.2, 0.25) is 0 Å². The maximum Gasteiger partial charge on any atom is 0.0605 e. The number of benzene rings is 3. The van der Waals surface area contributed by atoms with Gasteiger partial charge in [-0.3, -0.25) is 0 Å². The highest BCUT2D eigenvalue weighted by atomic mass is 32.3. The summed E-state index contributed by atoms with van der Waals surface area (Å²) in [6, 6.07) is 32.0. The standard InChI is InChI=1S/C22H24OS/c1-2-3-19-23-24(20-13-7-4-8-14-20,21-15-9-5-10-16-21)22-17-11-6-12-18-22/h4-18H,2-3,19H2,1H3. The van der Waals surface area contributed by atoms with Crippen molar-refractivity contribution >= 4 is 10.3 Å². The van der Waals surface area contributed by atoms with E-state index < -0.39 is 10.3 Å². The van der Waals surface area contributed by atoms with Gasteiger partial charge in [-0.25, -0.2) is 0 Å². The number of hydrogen-bond acceptors (Lipinski definition) is 1. The molecule has 0 aliphatic rings. The lowest BCUT2D eigenvalue weighted by molar-refractivity contribution is 0.344. The van der Waals surface area contributed by atoms with E-state index in [1.165, 1.54) is 14.7 Å². The van der Waals surface area contributed by atoms with Crippen molar-refractivity contribution in [1.29, 1.82) is 0 Å². The molecule has 1 nitrogen and oxygen atoms in total. The lowest BCUT2D eigenvalue weighted by Crippen LogP contribution is -2.09. The minimum atomic E-state index is -1.70. The van der Waals surface area contributed by atoms with Crippen molar-refractivity contribution in [2.75, 3.05) is 6.61 Å². The van der Waals surface area contributed by atoms with Gasteiger partial charge in [-0.15, -0.1) is 0 Å². The van der Waals surface area contributed by atoms with Gasteiger partial charge in [-0.1, -0.05) is 78.3 Å². The zero-order valence-electron chi connectivity index (χ0n) is 14.1. The van der Waals surface area contributed by atoms with Crippen LogP contribution in [0, 0.1) is 0 Å². The molecule has 2 heteroatoms. The fraction of sp³-hybridized carbons (Fsp3) is 0.182. The maximum absolute atomic E-state index is 6.71. The summed E-state index contributed by atoms with van der Waals surface area (Å²) >= 11 is 0. The zero-order chi connectivity index (χ0) is 16.7. The Hall–Kier alpha value is -2.03. The lowest BCUT2D eigenvalue weighted by Gasteiger charge is -2.40. The third kappa shape index (κ3) is 3.40. The summed E-state index contributed by atoms with van der Waals surface area (Å²) in [6.07, 6.45) is 2.20. The molecular weight excluding hydrogens is 312 g/mol. The summed E-state index contributed by atoms with van der Waals surface area (Å²) in [4.78, 5) is 3.75. The van der Waals surface area contributed by atoms with Crippen molar-refractivity contribution in [2.24, 2.45) is 0 Å². The van der Waals surface area contributed by atoms with Crippen LogP contribution >= 0.6 is 10.3 Å². The highest BCUT2D eigenvalue weighted by molar-refractivity contribution is 8.30. The smallest absolute Gasteiger partial charge is 0.0605 e. The first-order chi connectivity index (χ1) is 11.9. The fourth-order valence-electron chi connectivity index (χ4n) is 2.78. The molecule has 3 aromatic rings. The minimum Gasteiger partial charge on any atom is -0.324 e. The monoisotopic (exact) mass is 336 g/mol. The quantitative estimate of drug-likeness (QED) is 0.436. The molecule has 0 aliphatic carbocycles. The molecule has 0 aliphatic heterocycles. The van der Waals surface area contributed by atoms with Crippen LogP contribution in [0.2, 0.25) is 0 Å². The van der Waals surface area contributed by atoms with E-state index in [2.05, 4.69) is 97.9 Å². The summed E-state index contributed by atoms with van der Waals surface area (Å²) in [6.45, 7) is 2.97. The molecule has 0 bridgehead atoms. The molecule has 3 aromatic carbocycles. The SMILES string of the molecule is CCCCOS(c1ccccc1)(c1ccccc1)c1ccccc1. The van der Waals surface area contributed by atoms with Gasteiger partial charge in [0.15, 0.2) is 0 Å². The average Bonchev–Trinajstić information content (AvgIpc) is 2.68. The molecule has 0 radical (unpaired) electrons. The Morgan fingerprint density at radius 1 is 0.625 bits per heavy atom. The Morgan fingerprint density at radius 3 is 1.33 bits per heavy atom. The molecule has 124 valence electrons. The van der Waals surface area contributed by atoms with E-state index >= 15 is 0 Å². The second-order valence-electron chi connectivity index (χ2n) is 5.67. The molecule has 0 spiro atoms. The van der Waals surface area contributed by atoms with Crippen LogP contribution in [0.3, 0.4) is 0 Å². The Balaban J connectivity index is 2.20. The van der Waals surface area contributed by atoms with Crippen LogP contribution in [-0.4, -0.2) is 6.61 Å². The van der Waals surface area contributed by atoms with E-state index in [1.54, 1.807) is 0 Å². The average molecular weight is 337 g/mol. The van der Waals surface area contributed by atoms with Crippen LogP contribution in [0.4, 0.5) is 0 Å². The van der Waals surface area contributed by atoms with Crippen molar-refractivity contribution in [2.45, 2.75) is 34.5 Å². The number of rotatable bonds is 7. The van der Waals surface area contributed by atoms with Crippen LogP contribution in [-0.2, 0) is 4.18 Å². The van der Waals surface area contributed by atoms with Crippen molar-refractivity contribution < 1.29 is 4.18 Å². The largest absolute Gasteiger partial charge is 0.324 e. The van der Waals surface area contributed by atoms with Crippen LogP contribution in [0.5, 0.6) is 0 Å². The van der Waals surface area contributed by atoms with Crippen LogP contribution < -0.4 is 0 Å². The van der Waals surface area contributed by atoms with E-state index in [0.717, 1.165) is 19.4 Å². The lowest BCUT2D eigenvalue weighted by atomic mass is 10.4. The molecule has 0 aromatic heterocycles. The van der Waals surface area contributed by atoms with Crippen molar-refractivity contribution in [1.82, 2.24) is 0 Å². The Bertz CT molecular complexity index is 629. The topological polar surface area (TPSA) is 9.23 Å². The van der Waals surface area contributed by atoms with Gasteiger partial charge in [-0.2, -0.15) is 0 Å². The van der Waals surface area contributed by atoms with E-state index in [1.807, 2.05) is 0 Å². The molecule has 0 atom stereocenters. The van der Waals surface area contributed by atoms with E-state index in [4.69, 9.17) is 4.18 Å². The first-order valence-corrected chi connectivity index (χ1v) is 10.1. The molecule has 0 unspecified atom stereocenters. The molecule has 3 rings (SSSR count). The van der Waals surface area contributed by atoms with Crippen LogP contribution in [0.15, 0.2) is 106 Å². The van der Waals surface area contributed by atoms with Gasteiger partial charge in [0.25, 0.3) is 0 Å². The third-order valence-corrected chi connectivity index (χ3v) is 7.31. The van der Waals surface area contributed by atoms with Gasteiger partial charge < -0.3 is 4.18 Å². The molecular formula is C22H24OS. The molecule has 24 heavy (non-hydrogen) atoms. The van der Waals surface area contributed by atoms with Gasteiger partial charge in [0.05, 0.1) is 6.61 Å². The van der Waals surface area contributed by atoms with E-state index in [-0.39, 0.29) is 0 Å². The Labute approximate surface area is 146 Å². The predicted molar refractivity (Wildman–Crippen MR) is 103 cm³/mol. The Morgan fingerprint density at radius 2 is 1.00 bits per heavy atom. The first kappa shape index (κ1) is 16.8. The van der Waals surface area contributed by atoms with Gasteiger partial charge >= 0.3 is 0 Å². The van der Waals surface area contributed by atoms with Gasteiger partial charge in [0, 0.05) is 14.7 Å². The second kappa shape index (κ2) is 8.18. The molecule has 0 saturated carbocycles. The molecule has 0 N–H and O–H groups in total. The summed E-state index contributed by atoms with van der Waals surface area (Å²) < 4.78 is 6.71. The summed E-state index contributed by atoms with van der Waals surface area (Å²) in [7, 11) is -1.70. The summed E-state index contributed by atoms with van der Waals surface area (Å²) in [5.74, 6) is 0. The van der Waals surface area contributed by atoms with E-state index in [0.29, 0.717) is 0 Å². The van der Waals surface area contributed by atoms with Crippen LogP contribution in [0.1, 0.15) is 19.8 Å². The van der Waals surface area contributed by atoms with Gasteiger partial charge in [0.1, 0.15) is 0 Å². The highest BCUT2D eigenvalue weighted by Gasteiger charge is 2.31. The number of unbranched alkanes of at least 4 members (excludes halogenated alkanes) is 1. The van der Waals surface area contributed by atoms with Crippen molar-refractivity contribution in [3.05, 3.63) is 91.0 Å². The molecule has 0 amide bonds. The fourth-order valence-corrected chi connectivity index (χ4v) is 5.99. The molecule has 0 heterocycles. The Kier molecular flexibility index (Phi) is 5.73.